The highest BCUT2D eigenvalue weighted by Crippen LogP contribution is 2.15. The van der Waals surface area contributed by atoms with E-state index in [4.69, 9.17) is 9.84 Å². The molecule has 0 aromatic carbocycles. The fourth-order valence-corrected chi connectivity index (χ4v) is 1.32. The zero-order valence-electron chi connectivity index (χ0n) is 9.44. The predicted octanol–water partition coefficient (Wildman–Crippen LogP) is 1.09. The first-order valence-electron chi connectivity index (χ1n) is 4.67. The van der Waals surface area contributed by atoms with Crippen molar-refractivity contribution in [3.8, 4) is 0 Å². The summed E-state index contributed by atoms with van der Waals surface area (Å²) in [6.45, 7) is 3.87. The molecule has 0 aliphatic rings. The van der Waals surface area contributed by atoms with Crippen LogP contribution in [0.3, 0.4) is 0 Å². The van der Waals surface area contributed by atoms with Gasteiger partial charge < -0.3 is 9.84 Å². The lowest BCUT2D eigenvalue weighted by atomic mass is 10.0. The Morgan fingerprint density at radius 3 is 2.67 bits per heavy atom. The number of hydrogen-bond acceptors (Lipinski definition) is 3. The first-order chi connectivity index (χ1) is 6.85. The fraction of sp³-hybridized carbons (Fsp3) is 0.600. The summed E-state index contributed by atoms with van der Waals surface area (Å²) in [4.78, 5) is 10.8. The largest absolute Gasteiger partial charge is 0.477 e. The maximum absolute atomic E-state index is 10.8. The second-order valence-corrected chi connectivity index (χ2v) is 4.09. The summed E-state index contributed by atoms with van der Waals surface area (Å²) in [6, 6.07) is 1.57. The van der Waals surface area contributed by atoms with Crippen molar-refractivity contribution in [1.82, 2.24) is 9.78 Å². The number of aromatic carboxylic acids is 1. The van der Waals surface area contributed by atoms with Crippen LogP contribution in [0, 0.1) is 0 Å². The molecule has 1 heterocycles. The van der Waals surface area contributed by atoms with Crippen molar-refractivity contribution >= 4 is 5.97 Å². The third kappa shape index (κ3) is 2.79. The van der Waals surface area contributed by atoms with Gasteiger partial charge in [-0.25, -0.2) is 4.79 Å². The lowest BCUT2D eigenvalue weighted by Gasteiger charge is -2.21. The Morgan fingerprint density at radius 2 is 2.27 bits per heavy atom. The third-order valence-corrected chi connectivity index (χ3v) is 2.31. The number of hydrogen-bond donors (Lipinski definition) is 1. The lowest BCUT2D eigenvalue weighted by molar-refractivity contribution is 0.0223. The van der Waals surface area contributed by atoms with Crippen molar-refractivity contribution in [3.63, 3.8) is 0 Å². The summed E-state index contributed by atoms with van der Waals surface area (Å²) in [5.74, 6) is -0.966. The molecule has 0 fully saturated rings. The van der Waals surface area contributed by atoms with Gasteiger partial charge in [-0.15, -0.1) is 0 Å². The molecule has 0 aliphatic carbocycles. The van der Waals surface area contributed by atoms with Crippen LogP contribution in [0.25, 0.3) is 0 Å². The van der Waals surface area contributed by atoms with Crippen LogP contribution in [-0.4, -0.2) is 33.6 Å². The zero-order chi connectivity index (χ0) is 11.6. The number of nitrogens with zero attached hydrogens (tertiary/aromatic N) is 2. The van der Waals surface area contributed by atoms with E-state index in [1.807, 2.05) is 13.8 Å². The van der Waals surface area contributed by atoms with Crippen LogP contribution in [0.5, 0.6) is 0 Å². The van der Waals surface area contributed by atoms with E-state index in [1.54, 1.807) is 20.2 Å². The molecule has 0 unspecified atom stereocenters. The molecule has 1 rings (SSSR count). The Morgan fingerprint density at radius 1 is 1.67 bits per heavy atom. The van der Waals surface area contributed by atoms with Crippen LogP contribution in [0.15, 0.2) is 6.07 Å². The third-order valence-electron chi connectivity index (χ3n) is 2.31. The van der Waals surface area contributed by atoms with Crippen LogP contribution < -0.4 is 0 Å². The molecule has 1 aromatic rings. The molecule has 1 aromatic heterocycles. The van der Waals surface area contributed by atoms with Crippen molar-refractivity contribution in [3.05, 3.63) is 17.5 Å². The average molecular weight is 212 g/mol. The molecular weight excluding hydrogens is 196 g/mol. The van der Waals surface area contributed by atoms with Gasteiger partial charge in [0.15, 0.2) is 0 Å². The molecule has 0 radical (unpaired) electrons. The van der Waals surface area contributed by atoms with Crippen LogP contribution in [0.1, 0.15) is 30.0 Å². The monoisotopic (exact) mass is 212 g/mol. The van der Waals surface area contributed by atoms with Crippen molar-refractivity contribution in [2.45, 2.75) is 25.9 Å². The van der Waals surface area contributed by atoms with Gasteiger partial charge in [0.1, 0.15) is 5.69 Å². The Labute approximate surface area is 88.7 Å². The van der Waals surface area contributed by atoms with Crippen LogP contribution >= 0.6 is 0 Å². The van der Waals surface area contributed by atoms with E-state index in [0.717, 1.165) is 5.69 Å². The SMILES string of the molecule is COC(C)(C)Cc1cc(C(=O)O)n(C)n1. The molecule has 1 N–H and O–H groups in total. The Hall–Kier alpha value is -1.36. The topological polar surface area (TPSA) is 64.3 Å². The first kappa shape index (κ1) is 11.7. The summed E-state index contributed by atoms with van der Waals surface area (Å²) >= 11 is 0. The number of rotatable bonds is 4. The van der Waals surface area contributed by atoms with Crippen molar-refractivity contribution in [1.29, 1.82) is 0 Å². The van der Waals surface area contributed by atoms with E-state index in [2.05, 4.69) is 5.10 Å². The zero-order valence-corrected chi connectivity index (χ0v) is 9.44. The number of carboxylic acids is 1. The van der Waals surface area contributed by atoms with E-state index in [0.29, 0.717) is 6.42 Å². The normalized spacial score (nSPS) is 11.7. The highest BCUT2D eigenvalue weighted by molar-refractivity contribution is 5.85. The molecule has 0 bridgehead atoms. The van der Waals surface area contributed by atoms with Gasteiger partial charge in [0, 0.05) is 20.6 Å². The molecule has 0 atom stereocenters. The molecule has 5 heteroatoms. The van der Waals surface area contributed by atoms with E-state index in [1.165, 1.54) is 4.68 Å². The number of methoxy groups -OCH3 is 1. The van der Waals surface area contributed by atoms with E-state index < -0.39 is 5.97 Å². The molecule has 0 amide bonds. The van der Waals surface area contributed by atoms with Crippen molar-refractivity contribution in [2.24, 2.45) is 7.05 Å². The minimum absolute atomic E-state index is 0.192. The number of aryl methyl sites for hydroxylation is 1. The van der Waals surface area contributed by atoms with Crippen molar-refractivity contribution < 1.29 is 14.6 Å². The molecule has 0 saturated carbocycles. The quantitative estimate of drug-likeness (QED) is 0.811. The Bertz CT molecular complexity index is 369. The molecule has 0 saturated heterocycles. The van der Waals surface area contributed by atoms with Gasteiger partial charge in [-0.3, -0.25) is 4.68 Å². The highest BCUT2D eigenvalue weighted by atomic mass is 16.5. The Kier molecular flexibility index (Phi) is 3.14. The second kappa shape index (κ2) is 4.02. The van der Waals surface area contributed by atoms with Gasteiger partial charge in [0.2, 0.25) is 0 Å². The van der Waals surface area contributed by atoms with Crippen LogP contribution in [-0.2, 0) is 18.2 Å². The summed E-state index contributed by atoms with van der Waals surface area (Å²) in [5, 5.41) is 13.0. The van der Waals surface area contributed by atoms with Crippen LogP contribution in [0.4, 0.5) is 0 Å². The number of ether oxygens (including phenoxy) is 1. The lowest BCUT2D eigenvalue weighted by Crippen LogP contribution is -2.25. The molecule has 5 nitrogen and oxygen atoms in total. The fourth-order valence-electron chi connectivity index (χ4n) is 1.32. The minimum Gasteiger partial charge on any atom is -0.477 e. The number of carboxylic acid groups (broad SMARTS) is 1. The number of carbonyl (C=O) groups is 1. The van der Waals surface area contributed by atoms with Gasteiger partial charge in [-0.05, 0) is 19.9 Å². The van der Waals surface area contributed by atoms with E-state index >= 15 is 0 Å². The van der Waals surface area contributed by atoms with Gasteiger partial charge in [-0.2, -0.15) is 5.10 Å². The molecule has 15 heavy (non-hydrogen) atoms. The summed E-state index contributed by atoms with van der Waals surface area (Å²) in [6.07, 6.45) is 0.588. The molecule has 84 valence electrons. The Balaban J connectivity index is 2.89. The first-order valence-corrected chi connectivity index (χ1v) is 4.67. The van der Waals surface area contributed by atoms with E-state index in [9.17, 15) is 4.79 Å². The standard InChI is InChI=1S/C10H16N2O3/c1-10(2,15-4)6-7-5-8(9(13)14)12(3)11-7/h5H,6H2,1-4H3,(H,13,14). The van der Waals surface area contributed by atoms with Gasteiger partial charge in [0.25, 0.3) is 0 Å². The molecule has 0 spiro atoms. The van der Waals surface area contributed by atoms with Crippen molar-refractivity contribution in [2.75, 3.05) is 7.11 Å². The van der Waals surface area contributed by atoms with Gasteiger partial charge >= 0.3 is 5.97 Å². The summed E-state index contributed by atoms with van der Waals surface area (Å²) < 4.78 is 6.62. The van der Waals surface area contributed by atoms with E-state index in [-0.39, 0.29) is 11.3 Å². The number of aromatic nitrogens is 2. The molecule has 0 aliphatic heterocycles. The smallest absolute Gasteiger partial charge is 0.354 e. The second-order valence-electron chi connectivity index (χ2n) is 4.09. The molecular formula is C10H16N2O3. The van der Waals surface area contributed by atoms with Gasteiger partial charge in [0.05, 0.1) is 11.3 Å². The highest BCUT2D eigenvalue weighted by Gasteiger charge is 2.20. The summed E-state index contributed by atoms with van der Waals surface area (Å²) in [5.41, 5.74) is 0.586. The van der Waals surface area contributed by atoms with Crippen LogP contribution in [0.2, 0.25) is 0 Å². The van der Waals surface area contributed by atoms with Gasteiger partial charge in [-0.1, -0.05) is 0 Å². The predicted molar refractivity (Wildman–Crippen MR) is 55.0 cm³/mol. The summed E-state index contributed by atoms with van der Waals surface area (Å²) in [7, 11) is 3.24. The maximum atomic E-state index is 10.8. The minimum atomic E-state index is -0.966. The maximum Gasteiger partial charge on any atom is 0.354 e. The average Bonchev–Trinajstić information content (AvgIpc) is 2.46.